The van der Waals surface area contributed by atoms with Crippen LogP contribution >= 0.6 is 0 Å². The number of carbonyl (C=O) groups excluding carboxylic acids is 1. The fraction of sp³-hybridized carbons (Fsp3) is 0.368. The number of aromatic nitrogens is 2. The highest BCUT2D eigenvalue weighted by molar-refractivity contribution is 5.94. The zero-order valence-electron chi connectivity index (χ0n) is 15.4. The Hall–Kier alpha value is -3.07. The molecule has 8 nitrogen and oxygen atoms in total. The molecule has 9 heteroatoms. The summed E-state index contributed by atoms with van der Waals surface area (Å²) in [4.78, 5) is 22.3. The normalized spacial score (nSPS) is 14.4. The molecule has 0 saturated carbocycles. The number of hydrogen-bond acceptors (Lipinski definition) is 7. The van der Waals surface area contributed by atoms with Gasteiger partial charge in [-0.25, -0.2) is 14.4 Å². The summed E-state index contributed by atoms with van der Waals surface area (Å²) in [7, 11) is 0. The van der Waals surface area contributed by atoms with Gasteiger partial charge in [0.1, 0.15) is 24.7 Å². The van der Waals surface area contributed by atoms with E-state index in [1.807, 2.05) is 4.90 Å². The molecule has 2 aromatic rings. The molecule has 0 amide bonds. The van der Waals surface area contributed by atoms with E-state index < -0.39 is 11.8 Å². The van der Waals surface area contributed by atoms with Crippen molar-refractivity contribution in [2.45, 2.75) is 19.4 Å². The summed E-state index contributed by atoms with van der Waals surface area (Å²) in [5.41, 5.74) is 6.23. The van der Waals surface area contributed by atoms with Gasteiger partial charge in [-0.15, -0.1) is 0 Å². The first kappa shape index (κ1) is 19.7. The molecule has 3 N–H and O–H groups in total. The number of benzene rings is 1. The van der Waals surface area contributed by atoms with E-state index in [9.17, 15) is 9.18 Å². The molecule has 0 radical (unpaired) electrons. The van der Waals surface area contributed by atoms with Gasteiger partial charge in [0.2, 0.25) is 5.95 Å². The highest BCUT2D eigenvalue weighted by Crippen LogP contribution is 2.25. The summed E-state index contributed by atoms with van der Waals surface area (Å²) >= 11 is 0. The van der Waals surface area contributed by atoms with Crippen molar-refractivity contribution in [2.75, 3.05) is 31.2 Å². The van der Waals surface area contributed by atoms with Crippen LogP contribution in [0, 0.1) is 11.2 Å². The topological polar surface area (TPSA) is 114 Å². The van der Waals surface area contributed by atoms with E-state index in [4.69, 9.17) is 20.6 Å². The lowest BCUT2D eigenvalue weighted by atomic mass is 10.1. The van der Waals surface area contributed by atoms with Gasteiger partial charge < -0.3 is 20.1 Å². The molecule has 1 aliphatic rings. The van der Waals surface area contributed by atoms with Gasteiger partial charge >= 0.3 is 5.97 Å². The number of carbonyl (C=O) groups is 1. The minimum Gasteiger partial charge on any atom is -0.460 e. The second-order valence-electron chi connectivity index (χ2n) is 6.37. The van der Waals surface area contributed by atoms with Gasteiger partial charge in [0, 0.05) is 48.8 Å². The second kappa shape index (κ2) is 9.23. The molecule has 0 aliphatic carbocycles. The van der Waals surface area contributed by atoms with Gasteiger partial charge in [-0.3, -0.25) is 10.2 Å². The number of amidine groups is 1. The van der Waals surface area contributed by atoms with Crippen LogP contribution in [-0.2, 0) is 20.9 Å². The molecule has 1 saturated heterocycles. The van der Waals surface area contributed by atoms with Crippen molar-refractivity contribution in [2.24, 2.45) is 5.73 Å². The van der Waals surface area contributed by atoms with Crippen LogP contribution in [0.1, 0.15) is 18.4 Å². The maximum atomic E-state index is 14.8. The predicted octanol–water partition coefficient (Wildman–Crippen LogP) is 1.88. The first-order valence-electron chi connectivity index (χ1n) is 8.95. The van der Waals surface area contributed by atoms with Crippen molar-refractivity contribution in [1.29, 1.82) is 5.41 Å². The molecule has 1 fully saturated rings. The molecule has 2 heterocycles. The fourth-order valence-electron chi connectivity index (χ4n) is 2.85. The number of esters is 1. The van der Waals surface area contributed by atoms with Crippen molar-refractivity contribution in [1.82, 2.24) is 9.97 Å². The lowest BCUT2D eigenvalue weighted by molar-refractivity contribution is -0.143. The molecule has 1 aromatic heterocycles. The third kappa shape index (κ3) is 5.01. The Kier molecular flexibility index (Phi) is 6.49. The van der Waals surface area contributed by atoms with Crippen molar-refractivity contribution in [3.63, 3.8) is 0 Å². The average Bonchev–Trinajstić information content (AvgIpc) is 2.96. The summed E-state index contributed by atoms with van der Waals surface area (Å²) in [5.74, 6) is -0.888. The SMILES string of the molecule is N=C(N)CC(=O)OCc1cccc(-c2cnc(N3CCCOCC3)nc2)c1F. The fourth-order valence-corrected chi connectivity index (χ4v) is 2.85. The Morgan fingerprint density at radius 3 is 2.82 bits per heavy atom. The van der Waals surface area contributed by atoms with Crippen LogP contribution in [0.25, 0.3) is 11.1 Å². The molecule has 28 heavy (non-hydrogen) atoms. The van der Waals surface area contributed by atoms with Crippen molar-refractivity contribution in [3.05, 3.63) is 42.0 Å². The van der Waals surface area contributed by atoms with Crippen LogP contribution in [-0.4, -0.2) is 48.1 Å². The largest absolute Gasteiger partial charge is 0.460 e. The van der Waals surface area contributed by atoms with E-state index in [1.165, 1.54) is 6.07 Å². The number of ether oxygens (including phenoxy) is 2. The van der Waals surface area contributed by atoms with E-state index in [-0.39, 0.29) is 24.4 Å². The second-order valence-corrected chi connectivity index (χ2v) is 6.37. The highest BCUT2D eigenvalue weighted by atomic mass is 19.1. The zero-order chi connectivity index (χ0) is 19.9. The first-order chi connectivity index (χ1) is 13.5. The third-order valence-corrected chi connectivity index (χ3v) is 4.26. The number of nitrogens with one attached hydrogen (secondary N) is 1. The lowest BCUT2D eigenvalue weighted by Gasteiger charge is -2.19. The summed E-state index contributed by atoms with van der Waals surface area (Å²) in [6.07, 6.45) is 3.75. The van der Waals surface area contributed by atoms with E-state index in [0.717, 1.165) is 26.1 Å². The van der Waals surface area contributed by atoms with Crippen LogP contribution in [0.5, 0.6) is 0 Å². The van der Waals surface area contributed by atoms with Crippen LogP contribution in [0.4, 0.5) is 10.3 Å². The van der Waals surface area contributed by atoms with Crippen LogP contribution in [0.2, 0.25) is 0 Å². The van der Waals surface area contributed by atoms with Crippen molar-refractivity contribution < 1.29 is 18.7 Å². The quantitative estimate of drug-likeness (QED) is 0.442. The number of nitrogens with two attached hydrogens (primary N) is 1. The maximum absolute atomic E-state index is 14.8. The van der Waals surface area contributed by atoms with Crippen LogP contribution in [0.3, 0.4) is 0 Å². The Morgan fingerprint density at radius 1 is 1.29 bits per heavy atom. The summed E-state index contributed by atoms with van der Waals surface area (Å²) in [5, 5.41) is 7.08. The molecule has 0 unspecified atom stereocenters. The molecule has 0 atom stereocenters. The van der Waals surface area contributed by atoms with Crippen LogP contribution in [0.15, 0.2) is 30.6 Å². The number of rotatable bonds is 6. The number of hydrogen-bond donors (Lipinski definition) is 2. The van der Waals surface area contributed by atoms with E-state index in [0.29, 0.717) is 23.7 Å². The van der Waals surface area contributed by atoms with E-state index in [2.05, 4.69) is 9.97 Å². The molecule has 0 spiro atoms. The highest BCUT2D eigenvalue weighted by Gasteiger charge is 2.15. The summed E-state index contributed by atoms with van der Waals surface area (Å²) in [6.45, 7) is 2.65. The molecule has 148 valence electrons. The van der Waals surface area contributed by atoms with Crippen molar-refractivity contribution >= 4 is 17.8 Å². The van der Waals surface area contributed by atoms with Gasteiger partial charge in [-0.05, 0) is 6.42 Å². The summed E-state index contributed by atoms with van der Waals surface area (Å²) in [6, 6.07) is 4.83. The third-order valence-electron chi connectivity index (χ3n) is 4.26. The predicted molar refractivity (Wildman–Crippen MR) is 101 cm³/mol. The molecule has 3 rings (SSSR count). The van der Waals surface area contributed by atoms with Gasteiger partial charge in [0.25, 0.3) is 0 Å². The Morgan fingerprint density at radius 2 is 2.07 bits per heavy atom. The molecule has 1 aromatic carbocycles. The molecule has 0 bridgehead atoms. The Labute approximate surface area is 162 Å². The first-order valence-corrected chi connectivity index (χ1v) is 8.95. The van der Waals surface area contributed by atoms with Crippen LogP contribution < -0.4 is 10.6 Å². The molecular weight excluding hydrogens is 365 g/mol. The van der Waals surface area contributed by atoms with Crippen molar-refractivity contribution in [3.8, 4) is 11.1 Å². The van der Waals surface area contributed by atoms with Gasteiger partial charge in [-0.2, -0.15) is 0 Å². The smallest absolute Gasteiger partial charge is 0.313 e. The van der Waals surface area contributed by atoms with Gasteiger partial charge in [-0.1, -0.05) is 18.2 Å². The maximum Gasteiger partial charge on any atom is 0.313 e. The average molecular weight is 387 g/mol. The Balaban J connectivity index is 1.72. The minimum atomic E-state index is -0.675. The molecule has 1 aliphatic heterocycles. The number of nitrogens with zero attached hydrogens (tertiary/aromatic N) is 3. The van der Waals surface area contributed by atoms with Gasteiger partial charge in [0.05, 0.1) is 6.61 Å². The van der Waals surface area contributed by atoms with E-state index in [1.54, 1.807) is 24.5 Å². The number of halogens is 1. The lowest BCUT2D eigenvalue weighted by Crippen LogP contribution is -2.27. The monoisotopic (exact) mass is 387 g/mol. The zero-order valence-corrected chi connectivity index (χ0v) is 15.4. The number of anilines is 1. The van der Waals surface area contributed by atoms with Gasteiger partial charge in [0.15, 0.2) is 0 Å². The minimum absolute atomic E-state index is 0.225. The molecular formula is C19H22FN5O3. The Bertz CT molecular complexity index is 836. The van der Waals surface area contributed by atoms with E-state index >= 15 is 0 Å². The standard InChI is InChI=1S/C19H22FN5O3/c20-18-13(12-28-17(26)9-16(21)22)3-1-4-15(18)14-10-23-19(24-11-14)25-5-2-7-27-8-6-25/h1,3-4,10-11H,2,5-9,12H2,(H3,21,22). The summed E-state index contributed by atoms with van der Waals surface area (Å²) < 4.78 is 25.2.